The number of anilines is 3. The highest BCUT2D eigenvalue weighted by molar-refractivity contribution is 5.84. The first-order chi connectivity index (χ1) is 10.4. The Labute approximate surface area is 126 Å². The Morgan fingerprint density at radius 2 is 1.81 bits per heavy atom. The van der Waals surface area contributed by atoms with Crippen molar-refractivity contribution >= 4 is 17.1 Å². The van der Waals surface area contributed by atoms with Gasteiger partial charge in [-0.3, -0.25) is 0 Å². The molecule has 0 saturated carbocycles. The normalized spacial score (nSPS) is 15.7. The van der Waals surface area contributed by atoms with Crippen LogP contribution in [0, 0.1) is 0 Å². The summed E-state index contributed by atoms with van der Waals surface area (Å²) in [5.74, 6) is 0. The van der Waals surface area contributed by atoms with E-state index in [4.69, 9.17) is 0 Å². The maximum absolute atomic E-state index is 3.27. The average molecular weight is 279 g/mol. The van der Waals surface area contributed by atoms with Crippen molar-refractivity contribution < 1.29 is 0 Å². The summed E-state index contributed by atoms with van der Waals surface area (Å²) in [4.78, 5) is 5.01. The molecule has 2 aliphatic rings. The van der Waals surface area contributed by atoms with Crippen molar-refractivity contribution in [3.63, 3.8) is 0 Å². The molecule has 3 nitrogen and oxygen atoms in total. The monoisotopic (exact) mass is 279 g/mol. The molecule has 2 aliphatic heterocycles. The van der Waals surface area contributed by atoms with Gasteiger partial charge in [0, 0.05) is 31.9 Å². The van der Waals surface area contributed by atoms with Crippen LogP contribution in [-0.2, 0) is 13.0 Å². The fraction of sp³-hybridized carbons (Fsp3) is 0.333. The topological polar surface area (TPSA) is 18.5 Å². The van der Waals surface area contributed by atoms with Crippen LogP contribution < -0.4 is 15.1 Å². The van der Waals surface area contributed by atoms with Crippen LogP contribution in [0.1, 0.15) is 11.1 Å². The van der Waals surface area contributed by atoms with E-state index >= 15 is 0 Å². The Morgan fingerprint density at radius 3 is 2.67 bits per heavy atom. The summed E-state index contributed by atoms with van der Waals surface area (Å²) in [6.45, 7) is 4.13. The number of nitrogens with one attached hydrogen (secondary N) is 1. The van der Waals surface area contributed by atoms with Crippen molar-refractivity contribution in [2.24, 2.45) is 0 Å². The van der Waals surface area contributed by atoms with E-state index in [1.54, 1.807) is 0 Å². The van der Waals surface area contributed by atoms with Crippen LogP contribution in [-0.4, -0.2) is 26.7 Å². The summed E-state index contributed by atoms with van der Waals surface area (Å²) in [6.07, 6.45) is 1.16. The van der Waals surface area contributed by atoms with Crippen LogP contribution in [0.4, 0.5) is 17.1 Å². The molecule has 2 aromatic carbocycles. The van der Waals surface area contributed by atoms with Crippen LogP contribution >= 0.6 is 0 Å². The zero-order valence-electron chi connectivity index (χ0n) is 12.5. The molecule has 4 rings (SSSR count). The van der Waals surface area contributed by atoms with Crippen LogP contribution in [0.2, 0.25) is 0 Å². The number of hydrogen-bond acceptors (Lipinski definition) is 3. The zero-order chi connectivity index (χ0) is 14.2. The van der Waals surface area contributed by atoms with Crippen LogP contribution in [0.25, 0.3) is 0 Å². The third-order valence-corrected chi connectivity index (χ3v) is 4.58. The molecule has 2 heterocycles. The number of para-hydroxylation sites is 3. The maximum atomic E-state index is 3.27. The van der Waals surface area contributed by atoms with Crippen molar-refractivity contribution in [3.05, 3.63) is 53.6 Å². The number of hydrogen-bond donors (Lipinski definition) is 1. The van der Waals surface area contributed by atoms with E-state index < -0.39 is 0 Å². The molecule has 3 heteroatoms. The highest BCUT2D eigenvalue weighted by atomic mass is 15.2. The van der Waals surface area contributed by atoms with Gasteiger partial charge in [0.15, 0.2) is 0 Å². The lowest BCUT2D eigenvalue weighted by Gasteiger charge is -2.26. The lowest BCUT2D eigenvalue weighted by Crippen LogP contribution is -2.30. The molecule has 2 aromatic rings. The van der Waals surface area contributed by atoms with Crippen molar-refractivity contribution in [1.82, 2.24) is 5.32 Å². The Hall–Kier alpha value is -2.00. The van der Waals surface area contributed by atoms with Gasteiger partial charge in [0.1, 0.15) is 0 Å². The molecule has 0 aliphatic carbocycles. The minimum absolute atomic E-state index is 0.998. The predicted molar refractivity (Wildman–Crippen MR) is 88.6 cm³/mol. The van der Waals surface area contributed by atoms with Crippen molar-refractivity contribution in [2.75, 3.05) is 36.5 Å². The molecule has 0 bridgehead atoms. The Kier molecular flexibility index (Phi) is 3.08. The van der Waals surface area contributed by atoms with E-state index in [1.807, 2.05) is 7.05 Å². The fourth-order valence-electron chi connectivity index (χ4n) is 3.60. The highest BCUT2D eigenvalue weighted by Gasteiger charge is 2.29. The van der Waals surface area contributed by atoms with E-state index in [9.17, 15) is 0 Å². The first-order valence-electron chi connectivity index (χ1n) is 7.75. The van der Waals surface area contributed by atoms with E-state index in [1.165, 1.54) is 28.2 Å². The third-order valence-electron chi connectivity index (χ3n) is 4.58. The molecule has 0 amide bonds. The first kappa shape index (κ1) is 12.7. The smallest absolute Gasteiger partial charge is 0.0648 e. The summed E-state index contributed by atoms with van der Waals surface area (Å²) < 4.78 is 0. The summed E-state index contributed by atoms with van der Waals surface area (Å²) in [6, 6.07) is 15.6. The second-order valence-electron chi connectivity index (χ2n) is 5.84. The number of rotatable bonds is 3. The molecule has 0 radical (unpaired) electrons. The third kappa shape index (κ3) is 2.00. The molecule has 0 atom stereocenters. The zero-order valence-corrected chi connectivity index (χ0v) is 12.5. The highest BCUT2D eigenvalue weighted by Crippen LogP contribution is 2.44. The molecule has 1 N–H and O–H groups in total. The number of benzene rings is 2. The van der Waals surface area contributed by atoms with E-state index in [-0.39, 0.29) is 0 Å². The number of nitrogens with zero attached hydrogens (tertiary/aromatic N) is 2. The standard InChI is InChI=1S/C18H21N3/c1-19-10-12-20-13-15-6-4-5-14-9-11-21(18(14)15)17-8-3-2-7-16(17)20/h2-8,19H,9-13H2,1H3. The van der Waals surface area contributed by atoms with E-state index in [0.29, 0.717) is 0 Å². The Morgan fingerprint density at radius 1 is 1.00 bits per heavy atom. The summed E-state index contributed by atoms with van der Waals surface area (Å²) >= 11 is 0. The minimum atomic E-state index is 0.998. The molecule has 108 valence electrons. The molecule has 0 spiro atoms. The summed E-state index contributed by atoms with van der Waals surface area (Å²) in [7, 11) is 2.02. The lowest BCUT2D eigenvalue weighted by atomic mass is 10.1. The minimum Gasteiger partial charge on any atom is -0.364 e. The van der Waals surface area contributed by atoms with Gasteiger partial charge in [0.25, 0.3) is 0 Å². The average Bonchev–Trinajstić information content (AvgIpc) is 2.90. The van der Waals surface area contributed by atoms with Crippen LogP contribution in [0.5, 0.6) is 0 Å². The van der Waals surface area contributed by atoms with E-state index in [0.717, 1.165) is 32.6 Å². The summed E-state index contributed by atoms with van der Waals surface area (Å²) in [5, 5.41) is 3.27. The SMILES string of the molecule is CNCCN1Cc2cccc3c2N(CC3)c2ccccc21. The molecular formula is C18H21N3. The summed E-state index contributed by atoms with van der Waals surface area (Å²) in [5.41, 5.74) is 7.13. The van der Waals surface area contributed by atoms with Gasteiger partial charge in [0.05, 0.1) is 11.4 Å². The molecule has 21 heavy (non-hydrogen) atoms. The maximum Gasteiger partial charge on any atom is 0.0648 e. The van der Waals surface area contributed by atoms with Gasteiger partial charge >= 0.3 is 0 Å². The Bertz CT molecular complexity index is 665. The van der Waals surface area contributed by atoms with Gasteiger partial charge in [-0.25, -0.2) is 0 Å². The van der Waals surface area contributed by atoms with Crippen LogP contribution in [0.15, 0.2) is 42.5 Å². The van der Waals surface area contributed by atoms with Gasteiger partial charge in [-0.15, -0.1) is 0 Å². The lowest BCUT2D eigenvalue weighted by molar-refractivity contribution is 0.724. The molecular weight excluding hydrogens is 258 g/mol. The quantitative estimate of drug-likeness (QED) is 0.932. The van der Waals surface area contributed by atoms with E-state index in [2.05, 4.69) is 57.6 Å². The molecule has 0 unspecified atom stereocenters. The van der Waals surface area contributed by atoms with Gasteiger partial charge in [-0.05, 0) is 36.7 Å². The van der Waals surface area contributed by atoms with Crippen molar-refractivity contribution in [1.29, 1.82) is 0 Å². The van der Waals surface area contributed by atoms with Crippen molar-refractivity contribution in [2.45, 2.75) is 13.0 Å². The number of likely N-dealkylation sites (N-methyl/N-ethyl adjacent to an activating group) is 1. The van der Waals surface area contributed by atoms with Crippen LogP contribution in [0.3, 0.4) is 0 Å². The van der Waals surface area contributed by atoms with Gasteiger partial charge in [-0.2, -0.15) is 0 Å². The largest absolute Gasteiger partial charge is 0.364 e. The second-order valence-corrected chi connectivity index (χ2v) is 5.84. The van der Waals surface area contributed by atoms with Gasteiger partial charge in [0.2, 0.25) is 0 Å². The van der Waals surface area contributed by atoms with Gasteiger partial charge < -0.3 is 15.1 Å². The fourth-order valence-corrected chi connectivity index (χ4v) is 3.60. The molecule has 0 fully saturated rings. The molecule has 0 saturated heterocycles. The second kappa shape index (κ2) is 5.08. The predicted octanol–water partition coefficient (Wildman–Crippen LogP) is 2.92. The van der Waals surface area contributed by atoms with Gasteiger partial charge in [-0.1, -0.05) is 30.3 Å². The first-order valence-corrected chi connectivity index (χ1v) is 7.75. The molecule has 0 aromatic heterocycles. The number of fused-ring (bicyclic) bond motifs is 2. The Balaban J connectivity index is 1.86. The van der Waals surface area contributed by atoms with Crippen molar-refractivity contribution in [3.8, 4) is 0 Å².